The van der Waals surface area contributed by atoms with Crippen molar-refractivity contribution in [3.05, 3.63) is 71.6 Å². The monoisotopic (exact) mass is 387 g/mol. The summed E-state index contributed by atoms with van der Waals surface area (Å²) in [5, 5.41) is 3.97. The molecule has 28 heavy (non-hydrogen) atoms. The number of nitrogens with zero attached hydrogens (tertiary/aromatic N) is 3. The molecule has 0 N–H and O–H groups in total. The zero-order chi connectivity index (χ0) is 19.7. The van der Waals surface area contributed by atoms with E-state index in [-0.39, 0.29) is 24.8 Å². The fourth-order valence-corrected chi connectivity index (χ4v) is 3.31. The van der Waals surface area contributed by atoms with Gasteiger partial charge in [-0.3, -0.25) is 4.79 Å². The van der Waals surface area contributed by atoms with Gasteiger partial charge in [-0.1, -0.05) is 47.6 Å². The van der Waals surface area contributed by atoms with E-state index >= 15 is 0 Å². The van der Waals surface area contributed by atoms with Gasteiger partial charge >= 0.3 is 6.18 Å². The first kappa shape index (κ1) is 18.2. The number of halogens is 3. The lowest BCUT2D eigenvalue weighted by Gasteiger charge is -2.22. The molecular weight excluding hydrogens is 371 g/mol. The molecule has 1 aliphatic rings. The predicted octanol–water partition coefficient (Wildman–Crippen LogP) is 4.62. The van der Waals surface area contributed by atoms with Crippen LogP contribution in [0.4, 0.5) is 13.2 Å². The van der Waals surface area contributed by atoms with Gasteiger partial charge in [-0.15, -0.1) is 0 Å². The molecule has 1 saturated heterocycles. The Hall–Kier alpha value is -3.16. The van der Waals surface area contributed by atoms with Crippen LogP contribution in [0.5, 0.6) is 0 Å². The molecule has 8 heteroatoms. The van der Waals surface area contributed by atoms with Gasteiger partial charge in [-0.25, -0.2) is 0 Å². The Balaban J connectivity index is 1.58. The average Bonchev–Trinajstić information content (AvgIpc) is 3.30. The molecular formula is C20H16F3N3O2. The number of carbonyl (C=O) groups excluding carboxylic acids is 1. The minimum Gasteiger partial charge on any atom is -0.337 e. The van der Waals surface area contributed by atoms with Crippen LogP contribution in [0.2, 0.25) is 0 Å². The number of benzene rings is 2. The van der Waals surface area contributed by atoms with Crippen LogP contribution in [-0.2, 0) is 17.5 Å². The molecule has 1 atom stereocenters. The van der Waals surface area contributed by atoms with Gasteiger partial charge in [0, 0.05) is 18.5 Å². The van der Waals surface area contributed by atoms with Crippen LogP contribution in [0.1, 0.15) is 35.9 Å². The lowest BCUT2D eigenvalue weighted by Crippen LogP contribution is -2.27. The summed E-state index contributed by atoms with van der Waals surface area (Å²) in [5.41, 5.74) is 0.446. The summed E-state index contributed by atoms with van der Waals surface area (Å²) in [6, 6.07) is 13.8. The number of likely N-dealkylation sites (tertiary alicyclic amines) is 1. The molecule has 3 aromatic rings. The van der Waals surface area contributed by atoms with E-state index in [0.29, 0.717) is 17.8 Å². The average molecular weight is 387 g/mol. The number of rotatable bonds is 4. The van der Waals surface area contributed by atoms with E-state index in [4.69, 9.17) is 4.52 Å². The van der Waals surface area contributed by atoms with Crippen LogP contribution >= 0.6 is 0 Å². The molecule has 2 aromatic carbocycles. The molecule has 1 aliphatic heterocycles. The van der Waals surface area contributed by atoms with Crippen molar-refractivity contribution >= 4 is 5.91 Å². The SMILES string of the molecule is O=C1CCC(c2nc(-c3ccccc3)no2)N1Cc1cccc(C(F)(F)F)c1. The molecule has 144 valence electrons. The Morgan fingerprint density at radius 3 is 2.64 bits per heavy atom. The zero-order valence-electron chi connectivity index (χ0n) is 14.7. The third-order valence-electron chi connectivity index (χ3n) is 4.69. The van der Waals surface area contributed by atoms with Gasteiger partial charge in [0.05, 0.1) is 5.56 Å². The van der Waals surface area contributed by atoms with Gasteiger partial charge in [0.1, 0.15) is 6.04 Å². The van der Waals surface area contributed by atoms with Crippen LogP contribution in [0, 0.1) is 0 Å². The summed E-state index contributed by atoms with van der Waals surface area (Å²) in [7, 11) is 0. The lowest BCUT2D eigenvalue weighted by atomic mass is 10.1. The smallest absolute Gasteiger partial charge is 0.337 e. The molecule has 0 aliphatic carbocycles. The largest absolute Gasteiger partial charge is 0.416 e. The normalized spacial score (nSPS) is 17.3. The Kier molecular flexibility index (Phi) is 4.62. The maximum Gasteiger partial charge on any atom is 0.416 e. The minimum atomic E-state index is -4.43. The summed E-state index contributed by atoms with van der Waals surface area (Å²) in [4.78, 5) is 18.2. The molecule has 1 fully saturated rings. The molecule has 5 nitrogen and oxygen atoms in total. The number of amides is 1. The first-order chi connectivity index (χ1) is 13.4. The van der Waals surface area contributed by atoms with Crippen LogP contribution in [0.25, 0.3) is 11.4 Å². The van der Waals surface area contributed by atoms with E-state index in [2.05, 4.69) is 10.1 Å². The van der Waals surface area contributed by atoms with E-state index in [0.717, 1.165) is 17.7 Å². The summed E-state index contributed by atoms with van der Waals surface area (Å²) in [6.45, 7) is 0.0521. The highest BCUT2D eigenvalue weighted by molar-refractivity contribution is 5.78. The van der Waals surface area contributed by atoms with Crippen molar-refractivity contribution in [2.24, 2.45) is 0 Å². The van der Waals surface area contributed by atoms with Crippen molar-refractivity contribution in [1.29, 1.82) is 0 Å². The van der Waals surface area contributed by atoms with Crippen LogP contribution < -0.4 is 0 Å². The summed E-state index contributed by atoms with van der Waals surface area (Å²) in [6.07, 6.45) is -3.66. The highest BCUT2D eigenvalue weighted by Crippen LogP contribution is 2.35. The van der Waals surface area contributed by atoms with Crippen LogP contribution in [0.15, 0.2) is 59.1 Å². The van der Waals surface area contributed by atoms with Gasteiger partial charge in [0.25, 0.3) is 0 Å². The lowest BCUT2D eigenvalue weighted by molar-refractivity contribution is -0.137. The van der Waals surface area contributed by atoms with Crippen LogP contribution in [-0.4, -0.2) is 20.9 Å². The second-order valence-corrected chi connectivity index (χ2v) is 6.60. The molecule has 0 spiro atoms. The number of carbonyl (C=O) groups is 1. The third kappa shape index (κ3) is 3.62. The highest BCUT2D eigenvalue weighted by Gasteiger charge is 2.36. The molecule has 2 heterocycles. The first-order valence-corrected chi connectivity index (χ1v) is 8.76. The topological polar surface area (TPSA) is 59.2 Å². The standard InChI is InChI=1S/C20H16F3N3O2/c21-20(22,23)15-8-4-5-13(11-15)12-26-16(9-10-17(26)27)19-24-18(25-28-19)14-6-2-1-3-7-14/h1-8,11,16H,9-10,12H2. The number of hydrogen-bond acceptors (Lipinski definition) is 4. The van der Waals surface area contributed by atoms with Crippen LogP contribution in [0.3, 0.4) is 0 Å². The van der Waals surface area contributed by atoms with Gasteiger partial charge in [0.2, 0.25) is 17.6 Å². The van der Waals surface area contributed by atoms with Gasteiger partial charge < -0.3 is 9.42 Å². The molecule has 0 radical (unpaired) electrons. The van der Waals surface area contributed by atoms with Crippen molar-refractivity contribution in [1.82, 2.24) is 15.0 Å². The molecule has 0 saturated carbocycles. The third-order valence-corrected chi connectivity index (χ3v) is 4.69. The number of aromatic nitrogens is 2. The van der Waals surface area contributed by atoms with Crippen molar-refractivity contribution in [3.8, 4) is 11.4 Å². The van der Waals surface area contributed by atoms with E-state index in [1.165, 1.54) is 11.0 Å². The van der Waals surface area contributed by atoms with E-state index in [1.54, 1.807) is 6.07 Å². The summed E-state index contributed by atoms with van der Waals surface area (Å²) in [5.74, 6) is 0.549. The minimum absolute atomic E-state index is 0.0521. The molecule has 0 bridgehead atoms. The van der Waals surface area contributed by atoms with Crippen molar-refractivity contribution < 1.29 is 22.5 Å². The molecule has 1 aromatic heterocycles. The zero-order valence-corrected chi connectivity index (χ0v) is 14.7. The molecule has 4 rings (SSSR count). The van der Waals surface area contributed by atoms with Crippen molar-refractivity contribution in [2.45, 2.75) is 31.6 Å². The second-order valence-electron chi connectivity index (χ2n) is 6.60. The summed E-state index contributed by atoms with van der Waals surface area (Å²) >= 11 is 0. The Bertz CT molecular complexity index is 986. The summed E-state index contributed by atoms with van der Waals surface area (Å²) < 4.78 is 44.2. The highest BCUT2D eigenvalue weighted by atomic mass is 19.4. The van der Waals surface area contributed by atoms with Gasteiger partial charge in [0.15, 0.2) is 0 Å². The van der Waals surface area contributed by atoms with E-state index in [1.807, 2.05) is 30.3 Å². The molecule has 1 unspecified atom stereocenters. The predicted molar refractivity (Wildman–Crippen MR) is 93.7 cm³/mol. The Morgan fingerprint density at radius 2 is 1.89 bits per heavy atom. The maximum absolute atomic E-state index is 12.9. The fraction of sp³-hybridized carbons (Fsp3) is 0.250. The quantitative estimate of drug-likeness (QED) is 0.656. The number of alkyl halides is 3. The Morgan fingerprint density at radius 1 is 1.11 bits per heavy atom. The second kappa shape index (κ2) is 7.10. The van der Waals surface area contributed by atoms with Gasteiger partial charge in [-0.05, 0) is 24.1 Å². The van der Waals surface area contributed by atoms with E-state index < -0.39 is 17.8 Å². The van der Waals surface area contributed by atoms with Crippen molar-refractivity contribution in [2.75, 3.05) is 0 Å². The Labute approximate surface area is 158 Å². The molecule has 1 amide bonds. The number of hydrogen-bond donors (Lipinski definition) is 0. The van der Waals surface area contributed by atoms with Crippen molar-refractivity contribution in [3.63, 3.8) is 0 Å². The fourth-order valence-electron chi connectivity index (χ4n) is 3.31. The first-order valence-electron chi connectivity index (χ1n) is 8.76. The maximum atomic E-state index is 12.9. The van der Waals surface area contributed by atoms with Gasteiger partial charge in [-0.2, -0.15) is 18.2 Å². The van der Waals surface area contributed by atoms with E-state index in [9.17, 15) is 18.0 Å².